The summed E-state index contributed by atoms with van der Waals surface area (Å²) in [6.07, 6.45) is 4.90. The predicted octanol–water partition coefficient (Wildman–Crippen LogP) is 2.80. The zero-order valence-electron chi connectivity index (χ0n) is 12.4. The van der Waals surface area contributed by atoms with E-state index in [1.165, 1.54) is 0 Å². The van der Waals surface area contributed by atoms with E-state index >= 15 is 0 Å². The lowest BCUT2D eigenvalue weighted by Gasteiger charge is -2.16. The number of rotatable bonds is 3. The van der Waals surface area contributed by atoms with E-state index < -0.39 is 0 Å². The zero-order chi connectivity index (χ0) is 15.8. The van der Waals surface area contributed by atoms with Crippen molar-refractivity contribution in [2.24, 2.45) is 0 Å². The van der Waals surface area contributed by atoms with E-state index in [0.717, 1.165) is 28.4 Å². The molecule has 7 heteroatoms. The number of hydrogen-bond acceptors (Lipinski definition) is 4. The van der Waals surface area contributed by atoms with Gasteiger partial charge in [0, 0.05) is 24.7 Å². The highest BCUT2D eigenvalue weighted by molar-refractivity contribution is 9.10. The number of likely N-dealkylation sites (tertiary alicyclic amines) is 1. The molecule has 0 spiro atoms. The molecule has 1 fully saturated rings. The molecule has 6 nitrogen and oxygen atoms in total. The molecule has 0 N–H and O–H groups in total. The Labute approximate surface area is 141 Å². The van der Waals surface area contributed by atoms with Crippen LogP contribution in [-0.4, -0.2) is 38.8 Å². The fraction of sp³-hybridized carbons (Fsp3) is 0.312. The molecule has 0 radical (unpaired) electrons. The first-order valence-corrected chi connectivity index (χ1v) is 8.31. The van der Waals surface area contributed by atoms with Crippen LogP contribution in [-0.2, 0) is 11.2 Å². The van der Waals surface area contributed by atoms with Gasteiger partial charge in [-0.1, -0.05) is 17.3 Å². The minimum absolute atomic E-state index is 0.0813. The van der Waals surface area contributed by atoms with Crippen LogP contribution in [0.4, 0.5) is 0 Å². The van der Waals surface area contributed by atoms with Crippen LogP contribution in [0.1, 0.15) is 18.2 Å². The molecule has 1 aliphatic rings. The van der Waals surface area contributed by atoms with E-state index in [2.05, 4.69) is 26.2 Å². The van der Waals surface area contributed by atoms with Crippen LogP contribution in [0, 0.1) is 0 Å². The molecule has 2 aromatic heterocycles. The average molecular weight is 375 g/mol. The van der Waals surface area contributed by atoms with Gasteiger partial charge in [-0.3, -0.25) is 9.48 Å². The van der Waals surface area contributed by atoms with Crippen LogP contribution in [0.5, 0.6) is 0 Å². The second-order valence-electron chi connectivity index (χ2n) is 5.72. The first-order valence-electron chi connectivity index (χ1n) is 7.51. The van der Waals surface area contributed by atoms with Crippen LogP contribution in [0.15, 0.2) is 45.7 Å². The summed E-state index contributed by atoms with van der Waals surface area (Å²) in [5, 5.41) is 9.26. The number of aromatic nitrogens is 3. The SMILES string of the molecule is O=C(Cc1noc2ccccc12)N1CCC(n2cc(Br)cn2)C1. The molecular formula is C16H15BrN4O2. The maximum Gasteiger partial charge on any atom is 0.228 e. The molecule has 3 aromatic rings. The van der Waals surface area contributed by atoms with Gasteiger partial charge >= 0.3 is 0 Å². The quantitative estimate of drug-likeness (QED) is 0.706. The fourth-order valence-corrected chi connectivity index (χ4v) is 3.32. The third kappa shape index (κ3) is 2.76. The Kier molecular flexibility index (Phi) is 3.65. The number of halogens is 1. The Hall–Kier alpha value is -2.15. The van der Waals surface area contributed by atoms with Gasteiger partial charge in [0.15, 0.2) is 5.58 Å². The fourth-order valence-electron chi connectivity index (χ4n) is 3.02. The molecule has 1 atom stereocenters. The number of para-hydroxylation sites is 1. The second kappa shape index (κ2) is 5.81. The van der Waals surface area contributed by atoms with Crippen molar-refractivity contribution in [2.45, 2.75) is 18.9 Å². The summed E-state index contributed by atoms with van der Waals surface area (Å²) < 4.78 is 8.14. The maximum atomic E-state index is 12.5. The van der Waals surface area contributed by atoms with Gasteiger partial charge in [-0.25, -0.2) is 0 Å². The topological polar surface area (TPSA) is 64.2 Å². The monoisotopic (exact) mass is 374 g/mol. The van der Waals surface area contributed by atoms with Crippen molar-refractivity contribution in [1.29, 1.82) is 0 Å². The largest absolute Gasteiger partial charge is 0.356 e. The van der Waals surface area contributed by atoms with E-state index in [9.17, 15) is 4.79 Å². The summed E-state index contributed by atoms with van der Waals surface area (Å²) in [6.45, 7) is 1.43. The zero-order valence-corrected chi connectivity index (χ0v) is 13.9. The second-order valence-corrected chi connectivity index (χ2v) is 6.64. The van der Waals surface area contributed by atoms with Crippen molar-refractivity contribution in [2.75, 3.05) is 13.1 Å². The normalized spacial score (nSPS) is 18.0. The number of carbonyl (C=O) groups excluding carboxylic acids is 1. The van der Waals surface area contributed by atoms with Crippen LogP contribution in [0.3, 0.4) is 0 Å². The van der Waals surface area contributed by atoms with Crippen molar-refractivity contribution in [3.63, 3.8) is 0 Å². The minimum Gasteiger partial charge on any atom is -0.356 e. The number of hydrogen-bond donors (Lipinski definition) is 0. The van der Waals surface area contributed by atoms with Gasteiger partial charge in [0.05, 0.1) is 23.1 Å². The molecule has 23 heavy (non-hydrogen) atoms. The lowest BCUT2D eigenvalue weighted by molar-refractivity contribution is -0.129. The maximum absolute atomic E-state index is 12.5. The van der Waals surface area contributed by atoms with Crippen molar-refractivity contribution in [3.8, 4) is 0 Å². The summed E-state index contributed by atoms with van der Waals surface area (Å²) in [4.78, 5) is 14.4. The summed E-state index contributed by atoms with van der Waals surface area (Å²) in [7, 11) is 0. The highest BCUT2D eigenvalue weighted by Crippen LogP contribution is 2.24. The summed E-state index contributed by atoms with van der Waals surface area (Å²) in [5.74, 6) is 0.0813. The van der Waals surface area contributed by atoms with Gasteiger partial charge in [-0.15, -0.1) is 0 Å². The van der Waals surface area contributed by atoms with Crippen molar-refractivity contribution in [3.05, 3.63) is 46.8 Å². The molecule has 1 amide bonds. The Morgan fingerprint density at radius 1 is 1.39 bits per heavy atom. The number of amides is 1. The smallest absolute Gasteiger partial charge is 0.228 e. The standard InChI is InChI=1S/C16H15BrN4O2/c17-11-8-18-21(9-11)12-5-6-20(10-12)16(22)7-14-13-3-1-2-4-15(13)23-19-14/h1-4,8-9,12H,5-7,10H2. The van der Waals surface area contributed by atoms with E-state index in [-0.39, 0.29) is 18.4 Å². The molecule has 4 rings (SSSR count). The summed E-state index contributed by atoms with van der Waals surface area (Å²) in [6, 6.07) is 7.85. The van der Waals surface area contributed by atoms with E-state index in [0.29, 0.717) is 12.2 Å². The first kappa shape index (κ1) is 14.4. The molecule has 1 aromatic carbocycles. The molecule has 0 bridgehead atoms. The number of fused-ring (bicyclic) bond motifs is 1. The molecule has 3 heterocycles. The van der Waals surface area contributed by atoms with Gasteiger partial charge in [-0.2, -0.15) is 5.10 Å². The Bertz CT molecular complexity index is 857. The van der Waals surface area contributed by atoms with E-state index in [4.69, 9.17) is 4.52 Å². The van der Waals surface area contributed by atoms with Gasteiger partial charge in [0.25, 0.3) is 0 Å². The van der Waals surface area contributed by atoms with Gasteiger partial charge < -0.3 is 9.42 Å². The van der Waals surface area contributed by atoms with Crippen LogP contribution in [0.2, 0.25) is 0 Å². The Morgan fingerprint density at radius 2 is 2.26 bits per heavy atom. The summed E-state index contributed by atoms with van der Waals surface area (Å²) >= 11 is 3.40. The lowest BCUT2D eigenvalue weighted by Crippen LogP contribution is -2.30. The highest BCUT2D eigenvalue weighted by atomic mass is 79.9. The lowest BCUT2D eigenvalue weighted by atomic mass is 10.1. The van der Waals surface area contributed by atoms with Crippen LogP contribution >= 0.6 is 15.9 Å². The number of benzene rings is 1. The van der Waals surface area contributed by atoms with Gasteiger partial charge in [-0.05, 0) is 34.5 Å². The van der Waals surface area contributed by atoms with E-state index in [1.54, 1.807) is 6.20 Å². The van der Waals surface area contributed by atoms with E-state index in [1.807, 2.05) is 40.0 Å². The minimum atomic E-state index is 0.0813. The van der Waals surface area contributed by atoms with Crippen molar-refractivity contribution < 1.29 is 9.32 Å². The highest BCUT2D eigenvalue weighted by Gasteiger charge is 2.28. The molecule has 118 valence electrons. The van der Waals surface area contributed by atoms with Gasteiger partial charge in [0.1, 0.15) is 5.69 Å². The third-order valence-corrected chi connectivity index (χ3v) is 4.64. The molecule has 0 saturated carbocycles. The molecule has 1 unspecified atom stereocenters. The predicted molar refractivity (Wildman–Crippen MR) is 87.9 cm³/mol. The van der Waals surface area contributed by atoms with Crippen LogP contribution < -0.4 is 0 Å². The Balaban J connectivity index is 1.46. The molecular weight excluding hydrogens is 360 g/mol. The van der Waals surface area contributed by atoms with Crippen LogP contribution in [0.25, 0.3) is 11.0 Å². The molecule has 1 aliphatic heterocycles. The average Bonchev–Trinajstić information content (AvgIpc) is 3.27. The Morgan fingerprint density at radius 3 is 3.09 bits per heavy atom. The van der Waals surface area contributed by atoms with Gasteiger partial charge in [0.2, 0.25) is 5.91 Å². The molecule has 1 saturated heterocycles. The summed E-state index contributed by atoms with van der Waals surface area (Å²) in [5.41, 5.74) is 1.42. The number of carbonyl (C=O) groups is 1. The van der Waals surface area contributed by atoms with Crippen molar-refractivity contribution >= 4 is 32.8 Å². The molecule has 0 aliphatic carbocycles. The first-order chi connectivity index (χ1) is 11.2. The van der Waals surface area contributed by atoms with Crippen molar-refractivity contribution in [1.82, 2.24) is 19.8 Å². The number of nitrogens with zero attached hydrogens (tertiary/aromatic N) is 4. The third-order valence-electron chi connectivity index (χ3n) is 4.23.